The van der Waals surface area contributed by atoms with E-state index in [9.17, 15) is 14.7 Å². The number of amides is 1. The molecule has 0 aliphatic carbocycles. The number of hydrogen-bond donors (Lipinski definition) is 2. The molecule has 0 spiro atoms. The minimum absolute atomic E-state index is 0.127. The van der Waals surface area contributed by atoms with Gasteiger partial charge in [-0.15, -0.1) is 0 Å². The Morgan fingerprint density at radius 2 is 1.81 bits per heavy atom. The highest BCUT2D eigenvalue weighted by atomic mass is 16.5. The lowest BCUT2D eigenvalue weighted by Crippen LogP contribution is -2.42. The van der Waals surface area contributed by atoms with Crippen LogP contribution in [-0.2, 0) is 22.5 Å². The second-order valence-corrected chi connectivity index (χ2v) is 7.87. The van der Waals surface area contributed by atoms with Crippen LogP contribution in [0, 0.1) is 0 Å². The van der Waals surface area contributed by atoms with Crippen LogP contribution in [0.1, 0.15) is 12.0 Å². The molecule has 0 saturated carbocycles. The van der Waals surface area contributed by atoms with Gasteiger partial charge in [-0.25, -0.2) is 4.98 Å². The Bertz CT molecular complexity index is 1110. The molecule has 4 rings (SSSR count). The molecule has 1 fully saturated rings. The van der Waals surface area contributed by atoms with Gasteiger partial charge >= 0.3 is 0 Å². The van der Waals surface area contributed by atoms with E-state index in [0.717, 1.165) is 5.56 Å². The van der Waals surface area contributed by atoms with Gasteiger partial charge in [0.25, 0.3) is 5.56 Å². The van der Waals surface area contributed by atoms with Crippen LogP contribution in [0.2, 0.25) is 0 Å². The molecule has 8 nitrogen and oxygen atoms in total. The van der Waals surface area contributed by atoms with Crippen LogP contribution in [0.15, 0.2) is 59.4 Å². The van der Waals surface area contributed by atoms with Gasteiger partial charge in [-0.2, -0.15) is 0 Å². The number of aryl methyl sites for hydroxylation is 1. The lowest BCUT2D eigenvalue weighted by Gasteiger charge is -2.28. The Kier molecular flexibility index (Phi) is 7.14. The number of anilines is 1. The van der Waals surface area contributed by atoms with E-state index >= 15 is 0 Å². The molecule has 0 bridgehead atoms. The van der Waals surface area contributed by atoms with E-state index in [4.69, 9.17) is 4.74 Å². The van der Waals surface area contributed by atoms with Crippen molar-refractivity contribution in [3.8, 4) is 0 Å². The van der Waals surface area contributed by atoms with Crippen molar-refractivity contribution in [3.05, 3.63) is 70.5 Å². The van der Waals surface area contributed by atoms with Crippen LogP contribution in [0.5, 0.6) is 0 Å². The number of carbonyl (C=O) groups excluding carboxylic acids is 1. The number of morpholine rings is 1. The summed E-state index contributed by atoms with van der Waals surface area (Å²) in [5, 5.41) is 12.6. The first-order valence-corrected chi connectivity index (χ1v) is 10.9. The van der Waals surface area contributed by atoms with Crippen LogP contribution < -0.4 is 15.8 Å². The topological polar surface area (TPSA) is 96.7 Å². The van der Waals surface area contributed by atoms with Crippen LogP contribution in [-0.4, -0.2) is 59.5 Å². The average Bonchev–Trinajstić information content (AvgIpc) is 2.84. The number of para-hydroxylation sites is 2. The molecule has 2 heterocycles. The van der Waals surface area contributed by atoms with Gasteiger partial charge in [-0.05, 0) is 24.1 Å². The molecule has 168 valence electrons. The van der Waals surface area contributed by atoms with E-state index in [1.54, 1.807) is 4.57 Å². The van der Waals surface area contributed by atoms with Crippen molar-refractivity contribution >= 4 is 22.8 Å². The zero-order valence-electron chi connectivity index (χ0n) is 17.9. The summed E-state index contributed by atoms with van der Waals surface area (Å²) in [5.74, 6) is 0.186. The van der Waals surface area contributed by atoms with Crippen LogP contribution >= 0.6 is 0 Å². The maximum atomic E-state index is 13.3. The fourth-order valence-corrected chi connectivity index (χ4v) is 3.96. The third-order valence-corrected chi connectivity index (χ3v) is 5.62. The molecule has 1 aliphatic rings. The Morgan fingerprint density at radius 3 is 2.56 bits per heavy atom. The van der Waals surface area contributed by atoms with Crippen molar-refractivity contribution in [1.29, 1.82) is 0 Å². The third-order valence-electron chi connectivity index (χ3n) is 5.62. The standard InChI is InChI=1S/C24H28N4O4/c29-17-19(16-18-6-2-1-3-7-18)25-22(30)10-11-28-21-9-5-4-8-20(21)26-23(24(28)31)27-12-14-32-15-13-27/h1-9,19,29H,10-17H2,(H,25,30). The maximum Gasteiger partial charge on any atom is 0.294 e. The zero-order valence-corrected chi connectivity index (χ0v) is 17.9. The largest absolute Gasteiger partial charge is 0.394 e. The fraction of sp³-hybridized carbons (Fsp3) is 0.375. The second-order valence-electron chi connectivity index (χ2n) is 7.87. The SMILES string of the molecule is O=C(CCn1c(=O)c(N2CCOCC2)nc2ccccc21)NC(CO)Cc1ccccc1. The summed E-state index contributed by atoms with van der Waals surface area (Å²) in [7, 11) is 0. The first-order chi connectivity index (χ1) is 15.7. The van der Waals surface area contributed by atoms with Gasteiger partial charge < -0.3 is 24.6 Å². The predicted molar refractivity (Wildman–Crippen MR) is 123 cm³/mol. The van der Waals surface area contributed by atoms with Crippen molar-refractivity contribution in [1.82, 2.24) is 14.9 Å². The summed E-state index contributed by atoms with van der Waals surface area (Å²) in [6, 6.07) is 16.8. The highest BCUT2D eigenvalue weighted by Crippen LogP contribution is 2.16. The number of rotatable bonds is 8. The van der Waals surface area contributed by atoms with E-state index in [1.807, 2.05) is 59.5 Å². The quantitative estimate of drug-likeness (QED) is 0.553. The van der Waals surface area contributed by atoms with Gasteiger partial charge in [0.1, 0.15) is 0 Å². The van der Waals surface area contributed by atoms with Crippen LogP contribution in [0.25, 0.3) is 11.0 Å². The fourth-order valence-electron chi connectivity index (χ4n) is 3.96. The van der Waals surface area contributed by atoms with Crippen molar-refractivity contribution in [2.24, 2.45) is 0 Å². The van der Waals surface area contributed by atoms with Crippen molar-refractivity contribution in [2.45, 2.75) is 25.4 Å². The molecule has 8 heteroatoms. The Hall–Kier alpha value is -3.23. The molecule has 1 amide bonds. The molecular weight excluding hydrogens is 408 g/mol. The smallest absolute Gasteiger partial charge is 0.294 e. The van der Waals surface area contributed by atoms with Crippen LogP contribution in [0.4, 0.5) is 5.82 Å². The van der Waals surface area contributed by atoms with Gasteiger partial charge in [0.15, 0.2) is 5.82 Å². The Balaban J connectivity index is 1.50. The Morgan fingerprint density at radius 1 is 1.09 bits per heavy atom. The Labute approximate surface area is 186 Å². The minimum Gasteiger partial charge on any atom is -0.394 e. The number of fused-ring (bicyclic) bond motifs is 1. The summed E-state index contributed by atoms with van der Waals surface area (Å²) in [4.78, 5) is 32.4. The van der Waals surface area contributed by atoms with Gasteiger partial charge in [0, 0.05) is 26.1 Å². The highest BCUT2D eigenvalue weighted by molar-refractivity contribution is 5.78. The number of nitrogens with zero attached hydrogens (tertiary/aromatic N) is 3. The van der Waals surface area contributed by atoms with Crippen molar-refractivity contribution in [2.75, 3.05) is 37.8 Å². The van der Waals surface area contributed by atoms with E-state index in [-0.39, 0.29) is 37.1 Å². The number of aliphatic hydroxyl groups excluding tert-OH is 1. The molecule has 1 unspecified atom stereocenters. The average molecular weight is 437 g/mol. The summed E-state index contributed by atoms with van der Waals surface area (Å²) in [6.45, 7) is 2.41. The molecular formula is C24H28N4O4. The number of ether oxygens (including phenoxy) is 1. The van der Waals surface area contributed by atoms with E-state index in [0.29, 0.717) is 49.6 Å². The summed E-state index contributed by atoms with van der Waals surface area (Å²) in [6.07, 6.45) is 0.671. The molecule has 1 aliphatic heterocycles. The van der Waals surface area contributed by atoms with Crippen molar-refractivity contribution < 1.29 is 14.6 Å². The number of aromatic nitrogens is 2. The molecule has 32 heavy (non-hydrogen) atoms. The van der Waals surface area contributed by atoms with E-state index in [2.05, 4.69) is 10.3 Å². The first-order valence-electron chi connectivity index (χ1n) is 10.9. The molecule has 2 N–H and O–H groups in total. The predicted octanol–water partition coefficient (Wildman–Crippen LogP) is 1.34. The van der Waals surface area contributed by atoms with Crippen molar-refractivity contribution in [3.63, 3.8) is 0 Å². The summed E-state index contributed by atoms with van der Waals surface area (Å²) in [5.41, 5.74) is 2.25. The van der Waals surface area contributed by atoms with Crippen LogP contribution in [0.3, 0.4) is 0 Å². The third kappa shape index (κ3) is 5.15. The highest BCUT2D eigenvalue weighted by Gasteiger charge is 2.20. The number of aliphatic hydroxyl groups is 1. The molecule has 2 aromatic carbocycles. The number of hydrogen-bond acceptors (Lipinski definition) is 6. The molecule has 0 radical (unpaired) electrons. The zero-order chi connectivity index (χ0) is 22.3. The molecule has 1 atom stereocenters. The lowest BCUT2D eigenvalue weighted by atomic mass is 10.1. The minimum atomic E-state index is -0.375. The second kappa shape index (κ2) is 10.4. The van der Waals surface area contributed by atoms with Gasteiger partial charge in [-0.1, -0.05) is 42.5 Å². The maximum absolute atomic E-state index is 13.3. The molecule has 1 aromatic heterocycles. The summed E-state index contributed by atoms with van der Waals surface area (Å²) < 4.78 is 7.02. The molecule has 1 saturated heterocycles. The van der Waals surface area contributed by atoms with Gasteiger partial charge in [0.2, 0.25) is 5.91 Å². The number of carbonyl (C=O) groups is 1. The molecule has 3 aromatic rings. The number of nitrogens with one attached hydrogen (secondary N) is 1. The number of benzene rings is 2. The van der Waals surface area contributed by atoms with Gasteiger partial charge in [0.05, 0.1) is 36.9 Å². The van der Waals surface area contributed by atoms with E-state index < -0.39 is 0 Å². The summed E-state index contributed by atoms with van der Waals surface area (Å²) >= 11 is 0. The lowest BCUT2D eigenvalue weighted by molar-refractivity contribution is -0.122. The monoisotopic (exact) mass is 436 g/mol. The van der Waals surface area contributed by atoms with E-state index in [1.165, 1.54) is 0 Å². The van der Waals surface area contributed by atoms with Gasteiger partial charge in [-0.3, -0.25) is 9.59 Å². The normalized spacial score (nSPS) is 15.0. The first kappa shape index (κ1) is 22.0.